The fraction of sp³-hybridized carbons (Fsp3) is 0.500. The molecule has 0 unspecified atom stereocenters. The van der Waals surface area contributed by atoms with Gasteiger partial charge < -0.3 is 19.1 Å². The van der Waals surface area contributed by atoms with Crippen molar-refractivity contribution in [1.29, 1.82) is 0 Å². The second-order valence-corrected chi connectivity index (χ2v) is 5.62. The summed E-state index contributed by atoms with van der Waals surface area (Å²) in [6.45, 7) is 6.56. The molecule has 0 saturated carbocycles. The molecular weight excluding hydrogens is 294 g/mol. The first-order chi connectivity index (χ1) is 11.2. The number of carbonyl (C=O) groups is 1. The molecule has 1 amide bonds. The van der Waals surface area contributed by atoms with E-state index in [-0.39, 0.29) is 12.5 Å². The maximum atomic E-state index is 12.2. The monoisotopic (exact) mass is 319 g/mol. The Bertz CT molecular complexity index is 509. The number of ether oxygens (including phenoxy) is 3. The molecule has 1 aromatic rings. The van der Waals surface area contributed by atoms with Crippen molar-refractivity contribution in [2.75, 3.05) is 40.0 Å². The van der Waals surface area contributed by atoms with Gasteiger partial charge in [-0.1, -0.05) is 12.1 Å². The molecule has 0 radical (unpaired) electrons. The molecule has 1 aliphatic rings. The highest BCUT2D eigenvalue weighted by Crippen LogP contribution is 2.20. The van der Waals surface area contributed by atoms with Gasteiger partial charge in [-0.15, -0.1) is 6.58 Å². The van der Waals surface area contributed by atoms with Crippen LogP contribution in [0.1, 0.15) is 12.8 Å². The van der Waals surface area contributed by atoms with Crippen LogP contribution in [-0.4, -0.2) is 50.8 Å². The smallest absolute Gasteiger partial charge is 0.260 e. The van der Waals surface area contributed by atoms with Gasteiger partial charge in [-0.2, -0.15) is 0 Å². The Hall–Kier alpha value is -2.01. The second-order valence-electron chi connectivity index (χ2n) is 5.62. The number of methoxy groups -OCH3 is 1. The molecule has 5 nitrogen and oxygen atoms in total. The number of amides is 1. The molecule has 0 aromatic heterocycles. The van der Waals surface area contributed by atoms with Gasteiger partial charge in [0.1, 0.15) is 11.5 Å². The number of likely N-dealkylation sites (tertiary alicyclic amines) is 1. The molecule has 0 bridgehead atoms. The molecule has 126 valence electrons. The number of benzene rings is 1. The van der Waals surface area contributed by atoms with E-state index in [4.69, 9.17) is 14.2 Å². The van der Waals surface area contributed by atoms with E-state index in [1.807, 2.05) is 23.1 Å². The second kappa shape index (κ2) is 9.20. The Balaban J connectivity index is 1.71. The zero-order valence-corrected chi connectivity index (χ0v) is 13.7. The summed E-state index contributed by atoms with van der Waals surface area (Å²) in [5.41, 5.74) is 0. The molecule has 1 aliphatic heterocycles. The molecule has 1 aromatic carbocycles. The van der Waals surface area contributed by atoms with Crippen LogP contribution >= 0.6 is 0 Å². The number of carbonyl (C=O) groups excluding carboxylic acids is 1. The summed E-state index contributed by atoms with van der Waals surface area (Å²) in [6, 6.07) is 7.27. The lowest BCUT2D eigenvalue weighted by atomic mass is 9.98. The lowest BCUT2D eigenvalue weighted by Crippen LogP contribution is -2.41. The first kappa shape index (κ1) is 17.3. The zero-order chi connectivity index (χ0) is 16.5. The Morgan fingerprint density at radius 1 is 1.35 bits per heavy atom. The highest BCUT2D eigenvalue weighted by atomic mass is 16.5. The third-order valence-corrected chi connectivity index (χ3v) is 3.96. The summed E-state index contributed by atoms with van der Waals surface area (Å²) >= 11 is 0. The van der Waals surface area contributed by atoms with Crippen LogP contribution in [0.3, 0.4) is 0 Å². The van der Waals surface area contributed by atoms with E-state index in [2.05, 4.69) is 6.58 Å². The Morgan fingerprint density at radius 2 is 2.09 bits per heavy atom. The van der Waals surface area contributed by atoms with Crippen molar-refractivity contribution >= 4 is 5.91 Å². The van der Waals surface area contributed by atoms with Crippen LogP contribution < -0.4 is 9.47 Å². The largest absolute Gasteiger partial charge is 0.497 e. The topological polar surface area (TPSA) is 48.0 Å². The van der Waals surface area contributed by atoms with Gasteiger partial charge in [-0.05, 0) is 30.9 Å². The first-order valence-corrected chi connectivity index (χ1v) is 7.96. The number of nitrogens with zero attached hydrogens (tertiary/aromatic N) is 1. The minimum Gasteiger partial charge on any atom is -0.497 e. The molecule has 0 atom stereocenters. The van der Waals surface area contributed by atoms with Crippen LogP contribution in [0.2, 0.25) is 0 Å². The minimum atomic E-state index is 0.0262. The van der Waals surface area contributed by atoms with E-state index >= 15 is 0 Å². The molecule has 1 heterocycles. The van der Waals surface area contributed by atoms with Gasteiger partial charge in [0.05, 0.1) is 13.7 Å². The minimum absolute atomic E-state index is 0.0262. The molecule has 1 saturated heterocycles. The van der Waals surface area contributed by atoms with E-state index in [1.54, 1.807) is 19.3 Å². The molecular formula is C18H25NO4. The summed E-state index contributed by atoms with van der Waals surface area (Å²) in [7, 11) is 1.60. The van der Waals surface area contributed by atoms with Gasteiger partial charge in [0.15, 0.2) is 6.61 Å². The Morgan fingerprint density at radius 3 is 2.78 bits per heavy atom. The molecule has 5 heteroatoms. The van der Waals surface area contributed by atoms with Gasteiger partial charge in [0.25, 0.3) is 5.91 Å². The molecule has 1 fully saturated rings. The number of hydrogen-bond acceptors (Lipinski definition) is 4. The standard InChI is InChI=1S/C18H25NO4/c1-3-11-22-13-15-7-9-19(10-8-15)18(20)14-23-17-6-4-5-16(12-17)21-2/h3-6,12,15H,1,7-11,13-14H2,2H3. The molecule has 0 aliphatic carbocycles. The van der Waals surface area contributed by atoms with Crippen molar-refractivity contribution in [2.24, 2.45) is 5.92 Å². The van der Waals surface area contributed by atoms with Crippen LogP contribution in [0.5, 0.6) is 11.5 Å². The summed E-state index contributed by atoms with van der Waals surface area (Å²) in [4.78, 5) is 14.1. The fourth-order valence-corrected chi connectivity index (χ4v) is 2.59. The lowest BCUT2D eigenvalue weighted by molar-refractivity contribution is -0.135. The Kier molecular flexibility index (Phi) is 6.94. The van der Waals surface area contributed by atoms with Gasteiger partial charge in [-0.25, -0.2) is 0 Å². The van der Waals surface area contributed by atoms with Crippen molar-refractivity contribution in [3.05, 3.63) is 36.9 Å². The summed E-state index contributed by atoms with van der Waals surface area (Å²) < 4.78 is 16.2. The van der Waals surface area contributed by atoms with Gasteiger partial charge in [0.2, 0.25) is 0 Å². The zero-order valence-electron chi connectivity index (χ0n) is 13.7. The van der Waals surface area contributed by atoms with Crippen LogP contribution in [0.15, 0.2) is 36.9 Å². The molecule has 23 heavy (non-hydrogen) atoms. The highest BCUT2D eigenvalue weighted by molar-refractivity contribution is 5.77. The van der Waals surface area contributed by atoms with Crippen LogP contribution in [0, 0.1) is 5.92 Å². The third-order valence-electron chi connectivity index (χ3n) is 3.96. The Labute approximate surface area is 137 Å². The lowest BCUT2D eigenvalue weighted by Gasteiger charge is -2.31. The van der Waals surface area contributed by atoms with E-state index in [1.165, 1.54) is 0 Å². The third kappa shape index (κ3) is 5.60. The van der Waals surface area contributed by atoms with E-state index in [0.717, 1.165) is 38.3 Å². The van der Waals surface area contributed by atoms with Crippen molar-refractivity contribution in [3.63, 3.8) is 0 Å². The van der Waals surface area contributed by atoms with E-state index < -0.39 is 0 Å². The van der Waals surface area contributed by atoms with Gasteiger partial charge in [0, 0.05) is 25.8 Å². The maximum Gasteiger partial charge on any atom is 0.260 e. The quantitative estimate of drug-likeness (QED) is 0.546. The summed E-state index contributed by atoms with van der Waals surface area (Å²) in [5, 5.41) is 0. The maximum absolute atomic E-state index is 12.2. The predicted molar refractivity (Wildman–Crippen MR) is 88.8 cm³/mol. The van der Waals surface area contributed by atoms with E-state index in [0.29, 0.717) is 18.3 Å². The predicted octanol–water partition coefficient (Wildman–Crippen LogP) is 2.52. The van der Waals surface area contributed by atoms with Crippen LogP contribution in [0.4, 0.5) is 0 Å². The molecule has 0 spiro atoms. The van der Waals surface area contributed by atoms with Crippen molar-refractivity contribution < 1.29 is 19.0 Å². The highest BCUT2D eigenvalue weighted by Gasteiger charge is 2.23. The number of rotatable bonds is 8. The van der Waals surface area contributed by atoms with Crippen molar-refractivity contribution in [3.8, 4) is 11.5 Å². The summed E-state index contributed by atoms with van der Waals surface area (Å²) in [5.74, 6) is 1.91. The SMILES string of the molecule is C=CCOCC1CCN(C(=O)COc2cccc(OC)c2)CC1. The number of piperidine rings is 1. The van der Waals surface area contributed by atoms with Crippen LogP contribution in [-0.2, 0) is 9.53 Å². The van der Waals surface area contributed by atoms with Crippen molar-refractivity contribution in [1.82, 2.24) is 4.90 Å². The normalized spacial score (nSPS) is 15.3. The van der Waals surface area contributed by atoms with Gasteiger partial charge >= 0.3 is 0 Å². The average Bonchev–Trinajstić information content (AvgIpc) is 2.60. The average molecular weight is 319 g/mol. The van der Waals surface area contributed by atoms with Gasteiger partial charge in [-0.3, -0.25) is 4.79 Å². The van der Waals surface area contributed by atoms with Crippen LogP contribution in [0.25, 0.3) is 0 Å². The fourth-order valence-electron chi connectivity index (χ4n) is 2.59. The molecule has 2 rings (SSSR count). The van der Waals surface area contributed by atoms with E-state index in [9.17, 15) is 4.79 Å². The summed E-state index contributed by atoms with van der Waals surface area (Å²) in [6.07, 6.45) is 3.71. The number of hydrogen-bond donors (Lipinski definition) is 0. The molecule has 0 N–H and O–H groups in total. The van der Waals surface area contributed by atoms with Crippen molar-refractivity contribution in [2.45, 2.75) is 12.8 Å². The first-order valence-electron chi connectivity index (χ1n) is 7.96.